The summed E-state index contributed by atoms with van der Waals surface area (Å²) in [5.41, 5.74) is 0. The Morgan fingerprint density at radius 3 is 2.65 bits per heavy atom. The zero-order valence-electron chi connectivity index (χ0n) is 9.75. The monoisotopic (exact) mass is 278 g/mol. The maximum absolute atomic E-state index is 11.5. The van der Waals surface area contributed by atoms with Gasteiger partial charge in [-0.15, -0.1) is 11.3 Å². The molecule has 0 bridgehead atoms. The molecule has 0 N–H and O–H groups in total. The molecular formula is C10H15O5PS. The number of carbonyl (C=O) groups excluding carboxylic acids is 1. The fraction of sp³-hybridized carbons (Fsp3) is 0.500. The molecule has 7 heteroatoms. The molecule has 0 aliphatic heterocycles. The Balaban J connectivity index is 2.28. The topological polar surface area (TPSA) is 61.8 Å². The highest BCUT2D eigenvalue weighted by Crippen LogP contribution is 2.47. The van der Waals surface area contributed by atoms with Crippen LogP contribution >= 0.6 is 19.2 Å². The molecule has 0 saturated carbocycles. The Bertz CT molecular complexity index is 381. The lowest BCUT2D eigenvalue weighted by molar-refractivity contribution is -0.121. The number of ketones is 1. The highest BCUT2D eigenvalue weighted by atomic mass is 32.1. The Labute approximate surface area is 104 Å². The van der Waals surface area contributed by atoms with E-state index in [1.807, 2.05) is 17.5 Å². The Hall–Kier alpha value is -0.520. The van der Waals surface area contributed by atoms with Gasteiger partial charge in [0.05, 0.1) is 0 Å². The lowest BCUT2D eigenvalue weighted by atomic mass is 10.2. The van der Waals surface area contributed by atoms with E-state index >= 15 is 0 Å². The standard InChI is InChI=1S/C10H15O5PS/c1-13-16(12,14-2)15-8-9(11)5-6-10-4-3-7-17-10/h3-4,7H,5-6,8H2,1-2H3. The van der Waals surface area contributed by atoms with Crippen LogP contribution in [0.15, 0.2) is 17.5 Å². The highest BCUT2D eigenvalue weighted by molar-refractivity contribution is 7.48. The zero-order valence-corrected chi connectivity index (χ0v) is 11.5. The molecule has 0 atom stereocenters. The second-order valence-electron chi connectivity index (χ2n) is 3.20. The van der Waals surface area contributed by atoms with Crippen molar-refractivity contribution in [3.05, 3.63) is 22.4 Å². The quantitative estimate of drug-likeness (QED) is 0.684. The van der Waals surface area contributed by atoms with E-state index in [0.717, 1.165) is 4.88 Å². The number of hydrogen-bond donors (Lipinski definition) is 0. The van der Waals surface area contributed by atoms with E-state index < -0.39 is 7.82 Å². The number of rotatable bonds is 8. The van der Waals surface area contributed by atoms with Gasteiger partial charge < -0.3 is 0 Å². The molecule has 1 heterocycles. The van der Waals surface area contributed by atoms with E-state index in [0.29, 0.717) is 12.8 Å². The van der Waals surface area contributed by atoms with Crippen LogP contribution in [0.4, 0.5) is 0 Å². The third-order valence-electron chi connectivity index (χ3n) is 2.06. The van der Waals surface area contributed by atoms with Gasteiger partial charge in [-0.25, -0.2) is 4.57 Å². The lowest BCUT2D eigenvalue weighted by Gasteiger charge is -2.12. The highest BCUT2D eigenvalue weighted by Gasteiger charge is 2.23. The summed E-state index contributed by atoms with van der Waals surface area (Å²) in [6.07, 6.45) is 1.03. The largest absolute Gasteiger partial charge is 0.474 e. The van der Waals surface area contributed by atoms with Crippen molar-refractivity contribution >= 4 is 24.9 Å². The van der Waals surface area contributed by atoms with Gasteiger partial charge in [0.25, 0.3) is 0 Å². The summed E-state index contributed by atoms with van der Waals surface area (Å²) in [5, 5.41) is 1.96. The molecule has 0 fully saturated rings. The van der Waals surface area contributed by atoms with Gasteiger partial charge in [-0.2, -0.15) is 0 Å². The molecule has 17 heavy (non-hydrogen) atoms. The summed E-state index contributed by atoms with van der Waals surface area (Å²) < 4.78 is 25.4. The summed E-state index contributed by atoms with van der Waals surface area (Å²) in [6, 6.07) is 3.90. The Morgan fingerprint density at radius 2 is 2.12 bits per heavy atom. The molecular weight excluding hydrogens is 263 g/mol. The lowest BCUT2D eigenvalue weighted by Crippen LogP contribution is -2.09. The average Bonchev–Trinajstić information content (AvgIpc) is 2.86. The minimum Gasteiger partial charge on any atom is -0.297 e. The van der Waals surface area contributed by atoms with E-state index in [-0.39, 0.29) is 12.4 Å². The smallest absolute Gasteiger partial charge is 0.297 e. The Kier molecular flexibility index (Phi) is 6.02. The van der Waals surface area contributed by atoms with Crippen LogP contribution in [0.5, 0.6) is 0 Å². The average molecular weight is 278 g/mol. The van der Waals surface area contributed by atoms with Crippen molar-refractivity contribution in [1.29, 1.82) is 0 Å². The van der Waals surface area contributed by atoms with Crippen molar-refractivity contribution in [2.75, 3.05) is 20.8 Å². The molecule has 0 unspecified atom stereocenters. The van der Waals surface area contributed by atoms with Crippen LogP contribution in [0.3, 0.4) is 0 Å². The summed E-state index contributed by atoms with van der Waals surface area (Å²) in [7, 11) is -1.12. The molecule has 96 valence electrons. The fourth-order valence-corrected chi connectivity index (χ4v) is 2.49. The Morgan fingerprint density at radius 1 is 1.41 bits per heavy atom. The predicted molar refractivity (Wildman–Crippen MR) is 65.2 cm³/mol. The van der Waals surface area contributed by atoms with Crippen LogP contribution in [-0.4, -0.2) is 26.6 Å². The number of thiophene rings is 1. The van der Waals surface area contributed by atoms with E-state index in [9.17, 15) is 9.36 Å². The third-order valence-corrected chi connectivity index (χ3v) is 4.34. The first-order valence-corrected chi connectivity index (χ1v) is 7.34. The van der Waals surface area contributed by atoms with Crippen molar-refractivity contribution in [2.24, 2.45) is 0 Å². The molecule has 0 radical (unpaired) electrons. The van der Waals surface area contributed by atoms with Gasteiger partial charge in [-0.3, -0.25) is 18.4 Å². The number of phosphoric acid groups is 1. The van der Waals surface area contributed by atoms with Crippen LogP contribution in [-0.2, 0) is 29.4 Å². The first-order chi connectivity index (χ1) is 8.09. The minimum atomic E-state index is -3.54. The number of hydrogen-bond acceptors (Lipinski definition) is 6. The van der Waals surface area contributed by atoms with Crippen molar-refractivity contribution in [1.82, 2.24) is 0 Å². The van der Waals surface area contributed by atoms with Gasteiger partial charge >= 0.3 is 7.82 Å². The van der Waals surface area contributed by atoms with Gasteiger partial charge in [0.1, 0.15) is 6.61 Å². The summed E-state index contributed by atoms with van der Waals surface area (Å²) in [5.74, 6) is -0.132. The molecule has 0 aromatic carbocycles. The molecule has 0 amide bonds. The number of phosphoric ester groups is 1. The van der Waals surface area contributed by atoms with Gasteiger partial charge in [-0.1, -0.05) is 6.07 Å². The van der Waals surface area contributed by atoms with Gasteiger partial charge in [0, 0.05) is 25.5 Å². The number of aryl methyl sites for hydroxylation is 1. The predicted octanol–water partition coefficient (Wildman–Crippen LogP) is 2.67. The van der Waals surface area contributed by atoms with Crippen LogP contribution in [0.1, 0.15) is 11.3 Å². The molecule has 0 spiro atoms. The summed E-state index contributed by atoms with van der Waals surface area (Å²) >= 11 is 1.60. The van der Waals surface area contributed by atoms with Gasteiger partial charge in [0.2, 0.25) is 0 Å². The molecule has 1 aromatic heterocycles. The van der Waals surface area contributed by atoms with E-state index in [1.165, 1.54) is 14.2 Å². The van der Waals surface area contributed by atoms with E-state index in [4.69, 9.17) is 4.52 Å². The van der Waals surface area contributed by atoms with Gasteiger partial charge in [-0.05, 0) is 17.9 Å². The van der Waals surface area contributed by atoms with Crippen molar-refractivity contribution in [2.45, 2.75) is 12.8 Å². The normalized spacial score (nSPS) is 11.6. The first kappa shape index (κ1) is 14.5. The maximum atomic E-state index is 11.5. The van der Waals surface area contributed by atoms with Crippen LogP contribution < -0.4 is 0 Å². The second-order valence-corrected chi connectivity index (χ2v) is 6.12. The second kappa shape index (κ2) is 7.03. The molecule has 5 nitrogen and oxygen atoms in total. The fourth-order valence-electron chi connectivity index (χ4n) is 1.12. The summed E-state index contributed by atoms with van der Waals surface area (Å²) in [4.78, 5) is 12.6. The van der Waals surface area contributed by atoms with E-state index in [2.05, 4.69) is 9.05 Å². The number of Topliss-reactive ketones (excluding diaryl/α,β-unsaturated/α-hetero) is 1. The third kappa shape index (κ3) is 5.10. The van der Waals surface area contributed by atoms with Crippen molar-refractivity contribution in [3.63, 3.8) is 0 Å². The maximum Gasteiger partial charge on any atom is 0.474 e. The summed E-state index contributed by atoms with van der Waals surface area (Å²) in [6.45, 7) is -0.260. The first-order valence-electron chi connectivity index (χ1n) is 5.00. The van der Waals surface area contributed by atoms with Crippen molar-refractivity contribution < 1.29 is 22.9 Å². The molecule has 1 aromatic rings. The zero-order chi connectivity index (χ0) is 12.7. The minimum absolute atomic E-state index is 0.132. The molecule has 0 saturated heterocycles. The number of carbonyl (C=O) groups is 1. The van der Waals surface area contributed by atoms with Crippen LogP contribution in [0, 0.1) is 0 Å². The van der Waals surface area contributed by atoms with Crippen LogP contribution in [0.25, 0.3) is 0 Å². The molecule has 0 aliphatic rings. The van der Waals surface area contributed by atoms with Crippen molar-refractivity contribution in [3.8, 4) is 0 Å². The SMILES string of the molecule is COP(=O)(OC)OCC(=O)CCc1cccs1. The molecule has 0 aliphatic carbocycles. The van der Waals surface area contributed by atoms with Gasteiger partial charge in [0.15, 0.2) is 5.78 Å². The van der Waals surface area contributed by atoms with E-state index in [1.54, 1.807) is 11.3 Å². The molecule has 1 rings (SSSR count). The van der Waals surface area contributed by atoms with Crippen LogP contribution in [0.2, 0.25) is 0 Å².